The fourth-order valence-electron chi connectivity index (χ4n) is 2.73. The van der Waals surface area contributed by atoms with E-state index in [-0.39, 0.29) is 23.8 Å². The molecule has 1 aliphatic rings. The van der Waals surface area contributed by atoms with Crippen LogP contribution in [-0.2, 0) is 9.59 Å². The molecule has 3 amide bonds. The van der Waals surface area contributed by atoms with Gasteiger partial charge in [0.05, 0.1) is 17.0 Å². The number of carbonyl (C=O) groups excluding carboxylic acids is 3. The second-order valence-electron chi connectivity index (χ2n) is 5.56. The third kappa shape index (κ3) is 4.27. The lowest BCUT2D eigenvalue weighted by Crippen LogP contribution is -2.46. The fraction of sp³-hybridized carbons (Fsp3) is 0.600. The molecule has 2 atom stereocenters. The number of nitrogens with zero attached hydrogens (tertiary/aromatic N) is 2. The molecule has 1 fully saturated rings. The van der Waals surface area contributed by atoms with Crippen LogP contribution >= 0.6 is 23.1 Å². The lowest BCUT2D eigenvalue weighted by atomic mass is 10.1. The van der Waals surface area contributed by atoms with Gasteiger partial charge in [-0.1, -0.05) is 0 Å². The Balaban J connectivity index is 2.07. The topological polar surface area (TPSA) is 91.4 Å². The van der Waals surface area contributed by atoms with Gasteiger partial charge in [-0.05, 0) is 26.5 Å². The van der Waals surface area contributed by atoms with Crippen LogP contribution in [0.3, 0.4) is 0 Å². The van der Waals surface area contributed by atoms with E-state index < -0.39 is 6.04 Å². The van der Waals surface area contributed by atoms with Crippen LogP contribution in [0.4, 0.5) is 0 Å². The highest BCUT2D eigenvalue weighted by Gasteiger charge is 2.39. The molecular weight excluding hydrogens is 348 g/mol. The molecule has 1 saturated heterocycles. The van der Waals surface area contributed by atoms with Gasteiger partial charge in [-0.3, -0.25) is 14.4 Å². The van der Waals surface area contributed by atoms with Gasteiger partial charge >= 0.3 is 0 Å². The molecular formula is C15H22N4O3S2. The molecule has 0 spiro atoms. The number of amides is 3. The Hall–Kier alpha value is -1.61. The molecule has 132 valence electrons. The number of thioether (sulfide) groups is 1. The molecule has 0 aromatic carbocycles. The standard InChI is InChI=1S/C15H22N4O3S2/c1-4-16-14(21)11-5-10(6-19(11)12(20)7-23-3)18-15(22)13-9(2)17-8-24-13/h8,10-11H,4-7H2,1-3H3,(H,16,21)(H,18,22)/t10-,11+/m1/s1. The van der Waals surface area contributed by atoms with Crippen molar-refractivity contribution in [3.8, 4) is 0 Å². The predicted molar refractivity (Wildman–Crippen MR) is 95.3 cm³/mol. The van der Waals surface area contributed by atoms with Crippen molar-refractivity contribution in [3.63, 3.8) is 0 Å². The Bertz CT molecular complexity index is 594. The van der Waals surface area contributed by atoms with Crippen molar-refractivity contribution < 1.29 is 14.4 Å². The minimum atomic E-state index is -0.530. The van der Waals surface area contributed by atoms with Crippen LogP contribution in [0.5, 0.6) is 0 Å². The Kier molecular flexibility index (Phi) is 6.61. The zero-order valence-electron chi connectivity index (χ0n) is 14.0. The molecule has 0 saturated carbocycles. The van der Waals surface area contributed by atoms with Crippen molar-refractivity contribution in [3.05, 3.63) is 16.1 Å². The van der Waals surface area contributed by atoms with Crippen molar-refractivity contribution in [1.82, 2.24) is 20.5 Å². The van der Waals surface area contributed by atoms with Gasteiger partial charge < -0.3 is 15.5 Å². The Morgan fingerprint density at radius 1 is 1.46 bits per heavy atom. The molecule has 9 heteroatoms. The van der Waals surface area contributed by atoms with E-state index in [0.717, 1.165) is 0 Å². The minimum Gasteiger partial charge on any atom is -0.355 e. The van der Waals surface area contributed by atoms with Gasteiger partial charge in [0.15, 0.2) is 0 Å². The number of aromatic nitrogens is 1. The number of hydrogen-bond acceptors (Lipinski definition) is 6. The van der Waals surface area contributed by atoms with Crippen molar-refractivity contribution in [2.24, 2.45) is 0 Å². The summed E-state index contributed by atoms with van der Waals surface area (Å²) >= 11 is 2.71. The predicted octanol–water partition coefficient (Wildman–Crippen LogP) is 0.650. The van der Waals surface area contributed by atoms with Gasteiger partial charge in [0.1, 0.15) is 10.9 Å². The average molecular weight is 371 g/mol. The summed E-state index contributed by atoms with van der Waals surface area (Å²) in [5.74, 6) is -0.124. The van der Waals surface area contributed by atoms with Gasteiger partial charge in [-0.25, -0.2) is 4.98 Å². The van der Waals surface area contributed by atoms with Crippen LogP contribution in [0.2, 0.25) is 0 Å². The Morgan fingerprint density at radius 2 is 2.21 bits per heavy atom. The van der Waals surface area contributed by atoms with Gasteiger partial charge in [-0.2, -0.15) is 11.8 Å². The van der Waals surface area contributed by atoms with Crippen molar-refractivity contribution in [2.45, 2.75) is 32.4 Å². The van der Waals surface area contributed by atoms with Crippen LogP contribution in [0.1, 0.15) is 28.7 Å². The van der Waals surface area contributed by atoms with Gasteiger partial charge in [0.25, 0.3) is 5.91 Å². The van der Waals surface area contributed by atoms with Crippen LogP contribution in [-0.4, -0.2) is 64.8 Å². The maximum atomic E-state index is 12.3. The zero-order valence-corrected chi connectivity index (χ0v) is 15.6. The van der Waals surface area contributed by atoms with Crippen molar-refractivity contribution in [1.29, 1.82) is 0 Å². The first-order valence-electron chi connectivity index (χ1n) is 7.75. The highest BCUT2D eigenvalue weighted by atomic mass is 32.2. The number of nitrogens with one attached hydrogen (secondary N) is 2. The molecule has 1 aliphatic heterocycles. The van der Waals surface area contributed by atoms with E-state index in [1.54, 1.807) is 17.3 Å². The molecule has 1 aromatic rings. The number of aryl methyl sites for hydroxylation is 1. The highest BCUT2D eigenvalue weighted by molar-refractivity contribution is 7.99. The first-order chi connectivity index (χ1) is 11.5. The molecule has 7 nitrogen and oxygen atoms in total. The lowest BCUT2D eigenvalue weighted by molar-refractivity contribution is -0.136. The Morgan fingerprint density at radius 3 is 2.79 bits per heavy atom. The summed E-state index contributed by atoms with van der Waals surface area (Å²) in [6.07, 6.45) is 2.27. The largest absolute Gasteiger partial charge is 0.355 e. The maximum absolute atomic E-state index is 12.3. The van der Waals surface area contributed by atoms with E-state index in [0.29, 0.717) is 35.8 Å². The van der Waals surface area contributed by atoms with Crippen LogP contribution in [0.25, 0.3) is 0 Å². The van der Waals surface area contributed by atoms with E-state index in [2.05, 4.69) is 15.6 Å². The molecule has 0 unspecified atom stereocenters. The van der Waals surface area contributed by atoms with Gasteiger partial charge in [-0.15, -0.1) is 11.3 Å². The number of hydrogen-bond donors (Lipinski definition) is 2. The summed E-state index contributed by atoms with van der Waals surface area (Å²) in [5, 5.41) is 5.69. The number of rotatable bonds is 6. The zero-order chi connectivity index (χ0) is 17.7. The summed E-state index contributed by atoms with van der Waals surface area (Å²) in [6.45, 7) is 4.49. The Labute approximate surface area is 149 Å². The second kappa shape index (κ2) is 8.48. The molecule has 2 N–H and O–H groups in total. The quantitative estimate of drug-likeness (QED) is 0.767. The number of likely N-dealkylation sites (N-methyl/N-ethyl adjacent to an activating group) is 1. The van der Waals surface area contributed by atoms with Crippen LogP contribution in [0, 0.1) is 6.92 Å². The summed E-state index contributed by atoms with van der Waals surface area (Å²) in [4.78, 5) is 43.1. The SMILES string of the molecule is CCNC(=O)[C@@H]1C[C@@H](NC(=O)c2scnc2C)CN1C(=O)CSC. The van der Waals surface area contributed by atoms with Crippen molar-refractivity contribution >= 4 is 40.8 Å². The third-order valence-electron chi connectivity index (χ3n) is 3.83. The highest BCUT2D eigenvalue weighted by Crippen LogP contribution is 2.21. The molecule has 0 aliphatic carbocycles. The van der Waals surface area contributed by atoms with Crippen LogP contribution < -0.4 is 10.6 Å². The van der Waals surface area contributed by atoms with Crippen molar-refractivity contribution in [2.75, 3.05) is 25.1 Å². The van der Waals surface area contributed by atoms with E-state index in [9.17, 15) is 14.4 Å². The first kappa shape index (κ1) is 18.7. The summed E-state index contributed by atoms with van der Waals surface area (Å²) in [5.41, 5.74) is 2.32. The fourth-order valence-corrected chi connectivity index (χ4v) is 3.85. The summed E-state index contributed by atoms with van der Waals surface area (Å²) in [7, 11) is 0. The molecule has 0 radical (unpaired) electrons. The third-order valence-corrected chi connectivity index (χ3v) is 5.29. The molecule has 2 heterocycles. The smallest absolute Gasteiger partial charge is 0.263 e. The number of likely N-dealkylation sites (tertiary alicyclic amines) is 1. The average Bonchev–Trinajstić information content (AvgIpc) is 3.14. The minimum absolute atomic E-state index is 0.0792. The lowest BCUT2D eigenvalue weighted by Gasteiger charge is -2.23. The molecule has 2 rings (SSSR count). The monoisotopic (exact) mass is 370 g/mol. The van der Waals surface area contributed by atoms with Gasteiger partial charge in [0, 0.05) is 19.1 Å². The number of thiazole rings is 1. The number of carbonyl (C=O) groups is 3. The molecule has 0 bridgehead atoms. The maximum Gasteiger partial charge on any atom is 0.263 e. The van der Waals surface area contributed by atoms with E-state index in [1.807, 2.05) is 13.2 Å². The van der Waals surface area contributed by atoms with Gasteiger partial charge in [0.2, 0.25) is 11.8 Å². The summed E-state index contributed by atoms with van der Waals surface area (Å²) in [6, 6.07) is -0.769. The molecule has 1 aromatic heterocycles. The normalized spacial score (nSPS) is 20.0. The second-order valence-corrected chi connectivity index (χ2v) is 7.28. The van der Waals surface area contributed by atoms with E-state index in [1.165, 1.54) is 23.1 Å². The molecule has 24 heavy (non-hydrogen) atoms. The van der Waals surface area contributed by atoms with Crippen LogP contribution in [0.15, 0.2) is 5.51 Å². The first-order valence-corrected chi connectivity index (χ1v) is 10.0. The van der Waals surface area contributed by atoms with E-state index >= 15 is 0 Å². The summed E-state index contributed by atoms with van der Waals surface area (Å²) < 4.78 is 0. The van der Waals surface area contributed by atoms with E-state index in [4.69, 9.17) is 0 Å².